The Morgan fingerprint density at radius 1 is 1.12 bits per heavy atom. The van der Waals surface area contributed by atoms with Crippen molar-refractivity contribution in [1.82, 2.24) is 5.32 Å². The van der Waals surface area contributed by atoms with Crippen LogP contribution in [0.5, 0.6) is 0 Å². The monoisotopic (exact) mass is 437 g/mol. The molecule has 0 aliphatic heterocycles. The molecular weight excluding hydrogens is 417 g/mol. The summed E-state index contributed by atoms with van der Waals surface area (Å²) in [4.78, 5) is 23.8. The zero-order chi connectivity index (χ0) is 17.4. The fourth-order valence-corrected chi connectivity index (χ4v) is 2.79. The van der Waals surface area contributed by atoms with Crippen LogP contribution in [0.4, 0.5) is 0 Å². The highest BCUT2D eigenvalue weighted by Gasteiger charge is 2.12. The van der Waals surface area contributed by atoms with Crippen molar-refractivity contribution in [2.24, 2.45) is 0 Å². The fourth-order valence-electron chi connectivity index (χ4n) is 2.25. The zero-order valence-corrected chi connectivity index (χ0v) is 15.7. The molecule has 2 aromatic rings. The summed E-state index contributed by atoms with van der Waals surface area (Å²) in [6, 6.07) is 17.2. The van der Waals surface area contributed by atoms with E-state index in [0.717, 1.165) is 16.4 Å². The molecule has 1 atom stereocenters. The Bertz CT molecular complexity index is 688. The number of carbonyl (C=O) groups excluding carboxylic acids is 2. The Labute approximate surface area is 155 Å². The molecule has 2 rings (SSSR count). The Morgan fingerprint density at radius 3 is 2.58 bits per heavy atom. The van der Waals surface area contributed by atoms with E-state index < -0.39 is 5.97 Å². The summed E-state index contributed by atoms with van der Waals surface area (Å²) in [5.41, 5.74) is 1.69. The third-order valence-electron chi connectivity index (χ3n) is 3.51. The number of halogens is 1. The molecule has 1 amide bonds. The van der Waals surface area contributed by atoms with Crippen LogP contribution < -0.4 is 5.32 Å². The second-order valence-electron chi connectivity index (χ2n) is 5.58. The Kier molecular flexibility index (Phi) is 7.24. The number of aryl methyl sites for hydroxylation is 1. The van der Waals surface area contributed by atoms with Crippen LogP contribution in [0.2, 0.25) is 0 Å². The van der Waals surface area contributed by atoms with Crippen LogP contribution in [0.15, 0.2) is 54.6 Å². The lowest BCUT2D eigenvalue weighted by Crippen LogP contribution is -2.36. The third kappa shape index (κ3) is 6.31. The lowest BCUT2D eigenvalue weighted by atomic mass is 10.1. The number of nitrogens with one attached hydrogen (secondary N) is 1. The fraction of sp³-hybridized carbons (Fsp3) is 0.263. The lowest BCUT2D eigenvalue weighted by molar-refractivity contribution is -0.124. The predicted molar refractivity (Wildman–Crippen MR) is 102 cm³/mol. The number of rotatable bonds is 7. The van der Waals surface area contributed by atoms with Gasteiger partial charge in [-0.1, -0.05) is 36.4 Å². The molecule has 0 unspecified atom stereocenters. The maximum absolute atomic E-state index is 11.9. The van der Waals surface area contributed by atoms with Crippen molar-refractivity contribution >= 4 is 34.5 Å². The normalized spacial score (nSPS) is 11.6. The summed E-state index contributed by atoms with van der Waals surface area (Å²) >= 11 is 2.12. The lowest BCUT2D eigenvalue weighted by Gasteiger charge is -2.14. The molecule has 0 saturated carbocycles. The number of hydrogen-bond acceptors (Lipinski definition) is 3. The number of ether oxygens (including phenoxy) is 1. The molecule has 0 aliphatic rings. The highest BCUT2D eigenvalue weighted by Crippen LogP contribution is 2.09. The SMILES string of the molecule is C[C@H](CCc1ccccc1)NC(=O)COC(=O)c1cccc(I)c1. The number of benzene rings is 2. The number of hydrogen-bond donors (Lipinski definition) is 1. The van der Waals surface area contributed by atoms with Crippen molar-refractivity contribution in [3.63, 3.8) is 0 Å². The van der Waals surface area contributed by atoms with Crippen LogP contribution in [0.1, 0.15) is 29.3 Å². The van der Waals surface area contributed by atoms with E-state index in [2.05, 4.69) is 40.0 Å². The van der Waals surface area contributed by atoms with Crippen molar-refractivity contribution in [1.29, 1.82) is 0 Å². The van der Waals surface area contributed by atoms with Crippen molar-refractivity contribution in [2.75, 3.05) is 6.61 Å². The minimum absolute atomic E-state index is 0.0223. The first-order valence-corrected chi connectivity index (χ1v) is 8.88. The molecular formula is C19H20INO3. The van der Waals surface area contributed by atoms with E-state index in [1.54, 1.807) is 18.2 Å². The summed E-state index contributed by atoms with van der Waals surface area (Å²) < 4.78 is 6.00. The zero-order valence-electron chi connectivity index (χ0n) is 13.5. The molecule has 0 saturated heterocycles. The highest BCUT2D eigenvalue weighted by atomic mass is 127. The molecule has 5 heteroatoms. The minimum atomic E-state index is -0.486. The molecule has 0 heterocycles. The van der Waals surface area contributed by atoms with Gasteiger partial charge in [-0.2, -0.15) is 0 Å². The van der Waals surface area contributed by atoms with Gasteiger partial charge in [0.05, 0.1) is 5.56 Å². The van der Waals surface area contributed by atoms with Crippen molar-refractivity contribution in [2.45, 2.75) is 25.8 Å². The van der Waals surface area contributed by atoms with Crippen molar-refractivity contribution in [3.05, 3.63) is 69.3 Å². The highest BCUT2D eigenvalue weighted by molar-refractivity contribution is 14.1. The Hall–Kier alpha value is -1.89. The largest absolute Gasteiger partial charge is 0.452 e. The van der Waals surface area contributed by atoms with Gasteiger partial charge in [-0.15, -0.1) is 0 Å². The molecule has 24 heavy (non-hydrogen) atoms. The van der Waals surface area contributed by atoms with Gasteiger partial charge >= 0.3 is 5.97 Å². The van der Waals surface area contributed by atoms with Gasteiger partial charge in [-0.25, -0.2) is 4.79 Å². The molecule has 126 valence electrons. The van der Waals surface area contributed by atoms with E-state index in [9.17, 15) is 9.59 Å². The van der Waals surface area contributed by atoms with Gasteiger partial charge in [-0.3, -0.25) is 4.79 Å². The summed E-state index contributed by atoms with van der Waals surface area (Å²) in [5.74, 6) is -0.768. The Balaban J connectivity index is 1.71. The summed E-state index contributed by atoms with van der Waals surface area (Å²) in [7, 11) is 0. The van der Waals surface area contributed by atoms with Crippen LogP contribution in [-0.4, -0.2) is 24.5 Å². The average molecular weight is 437 g/mol. The smallest absolute Gasteiger partial charge is 0.338 e. The minimum Gasteiger partial charge on any atom is -0.452 e. The van der Waals surface area contributed by atoms with E-state index in [1.165, 1.54) is 5.56 Å². The van der Waals surface area contributed by atoms with Crippen LogP contribution in [0, 0.1) is 3.57 Å². The summed E-state index contributed by atoms with van der Waals surface area (Å²) in [6.07, 6.45) is 1.73. The molecule has 0 spiro atoms. The number of esters is 1. The topological polar surface area (TPSA) is 55.4 Å². The maximum Gasteiger partial charge on any atom is 0.338 e. The van der Waals surface area contributed by atoms with E-state index in [4.69, 9.17) is 4.74 Å². The van der Waals surface area contributed by atoms with Gasteiger partial charge in [0.2, 0.25) is 0 Å². The van der Waals surface area contributed by atoms with Crippen LogP contribution >= 0.6 is 22.6 Å². The molecule has 4 nitrogen and oxygen atoms in total. The first kappa shape index (κ1) is 18.4. The van der Waals surface area contributed by atoms with Crippen molar-refractivity contribution < 1.29 is 14.3 Å². The van der Waals surface area contributed by atoms with Gasteiger partial charge < -0.3 is 10.1 Å². The number of amides is 1. The van der Waals surface area contributed by atoms with Gasteiger partial charge in [0.15, 0.2) is 6.61 Å². The first-order valence-electron chi connectivity index (χ1n) is 7.80. The van der Waals surface area contributed by atoms with Crippen molar-refractivity contribution in [3.8, 4) is 0 Å². The molecule has 0 radical (unpaired) electrons. The van der Waals surface area contributed by atoms with Gasteiger partial charge in [0.1, 0.15) is 0 Å². The third-order valence-corrected chi connectivity index (χ3v) is 4.18. The van der Waals surface area contributed by atoms with Crippen LogP contribution in [-0.2, 0) is 16.0 Å². The first-order chi connectivity index (χ1) is 11.5. The van der Waals surface area contributed by atoms with Crippen LogP contribution in [0.3, 0.4) is 0 Å². The average Bonchev–Trinajstić information content (AvgIpc) is 2.59. The van der Waals surface area contributed by atoms with E-state index in [-0.39, 0.29) is 18.6 Å². The second-order valence-corrected chi connectivity index (χ2v) is 6.82. The van der Waals surface area contributed by atoms with E-state index in [1.807, 2.05) is 31.2 Å². The predicted octanol–water partition coefficient (Wildman–Crippen LogP) is 3.59. The molecule has 0 fully saturated rings. The van der Waals surface area contributed by atoms with Gasteiger partial charge in [0.25, 0.3) is 5.91 Å². The van der Waals surface area contributed by atoms with Crippen LogP contribution in [0.25, 0.3) is 0 Å². The molecule has 1 N–H and O–H groups in total. The van der Waals surface area contributed by atoms with Gasteiger partial charge in [-0.05, 0) is 66.1 Å². The van der Waals surface area contributed by atoms with E-state index >= 15 is 0 Å². The summed E-state index contributed by atoms with van der Waals surface area (Å²) in [5, 5.41) is 2.85. The molecule has 2 aromatic carbocycles. The quantitative estimate of drug-likeness (QED) is 0.532. The standard InChI is InChI=1S/C19H20INO3/c1-14(10-11-15-6-3-2-4-7-15)21-18(22)13-24-19(23)16-8-5-9-17(20)12-16/h2-9,12,14H,10-11,13H2,1H3,(H,21,22)/t14-/m1/s1. The molecule has 0 aliphatic carbocycles. The van der Waals surface area contributed by atoms with E-state index in [0.29, 0.717) is 5.56 Å². The Morgan fingerprint density at radius 2 is 1.88 bits per heavy atom. The molecule has 0 bridgehead atoms. The maximum atomic E-state index is 11.9. The second kappa shape index (κ2) is 9.42. The summed E-state index contributed by atoms with van der Waals surface area (Å²) in [6.45, 7) is 1.68. The van der Waals surface area contributed by atoms with Gasteiger partial charge in [0, 0.05) is 9.61 Å². The molecule has 0 aromatic heterocycles. The number of carbonyl (C=O) groups is 2.